The van der Waals surface area contributed by atoms with E-state index in [0.717, 1.165) is 45.1 Å². The fourth-order valence-electron chi connectivity index (χ4n) is 3.31. The van der Waals surface area contributed by atoms with Gasteiger partial charge in [-0.25, -0.2) is 0 Å². The third kappa shape index (κ3) is 3.69. The van der Waals surface area contributed by atoms with Gasteiger partial charge in [0.1, 0.15) is 0 Å². The maximum atomic E-state index is 12.3. The highest BCUT2D eigenvalue weighted by Gasteiger charge is 2.33. The lowest BCUT2D eigenvalue weighted by atomic mass is 9.83. The van der Waals surface area contributed by atoms with Crippen LogP contribution in [0.3, 0.4) is 0 Å². The lowest BCUT2D eigenvalue weighted by molar-refractivity contribution is -0.129. The number of rotatable bonds is 3. The Morgan fingerprint density at radius 2 is 1.95 bits per heavy atom. The average molecular weight is 267 g/mol. The monoisotopic (exact) mass is 267 g/mol. The highest BCUT2D eigenvalue weighted by atomic mass is 16.2. The predicted molar refractivity (Wildman–Crippen MR) is 73.3 cm³/mol. The number of piperidine rings is 1. The largest absolute Gasteiger partial charge is 0.369 e. The summed E-state index contributed by atoms with van der Waals surface area (Å²) in [5, 5.41) is 6.42. The Labute approximate surface area is 114 Å². The van der Waals surface area contributed by atoms with Gasteiger partial charge in [0.2, 0.25) is 11.8 Å². The van der Waals surface area contributed by atoms with Crippen molar-refractivity contribution in [3.8, 4) is 0 Å². The molecule has 2 rings (SSSR count). The molecular weight excluding hydrogens is 242 g/mol. The van der Waals surface area contributed by atoms with Gasteiger partial charge >= 0.3 is 0 Å². The van der Waals surface area contributed by atoms with Crippen molar-refractivity contribution in [2.24, 2.45) is 17.6 Å². The highest BCUT2D eigenvalue weighted by molar-refractivity contribution is 5.82. The van der Waals surface area contributed by atoms with Crippen LogP contribution in [-0.2, 0) is 9.59 Å². The molecule has 1 saturated carbocycles. The van der Waals surface area contributed by atoms with Crippen LogP contribution in [0.1, 0.15) is 45.4 Å². The summed E-state index contributed by atoms with van der Waals surface area (Å²) >= 11 is 0. The first-order valence-corrected chi connectivity index (χ1v) is 7.41. The molecule has 5 heteroatoms. The summed E-state index contributed by atoms with van der Waals surface area (Å²) in [5.74, 6) is -0.279. The minimum absolute atomic E-state index is 0.0519. The molecule has 0 aromatic rings. The van der Waals surface area contributed by atoms with Crippen LogP contribution in [0.25, 0.3) is 0 Å². The van der Waals surface area contributed by atoms with E-state index in [-0.39, 0.29) is 29.7 Å². The van der Waals surface area contributed by atoms with Crippen LogP contribution in [0.4, 0.5) is 0 Å². The van der Waals surface area contributed by atoms with E-state index in [1.807, 2.05) is 0 Å². The minimum atomic E-state index is -0.274. The lowest BCUT2D eigenvalue weighted by Crippen LogP contribution is -2.50. The molecule has 1 saturated heterocycles. The van der Waals surface area contributed by atoms with E-state index in [0.29, 0.717) is 6.04 Å². The molecule has 1 aliphatic heterocycles. The number of nitrogens with two attached hydrogens (primary N) is 1. The van der Waals surface area contributed by atoms with Crippen molar-refractivity contribution in [3.63, 3.8) is 0 Å². The smallest absolute Gasteiger partial charge is 0.223 e. The number of carbonyl (C=O) groups is 2. The van der Waals surface area contributed by atoms with Crippen LogP contribution in [0.15, 0.2) is 0 Å². The maximum absolute atomic E-state index is 12.3. The molecule has 2 unspecified atom stereocenters. The third-order valence-corrected chi connectivity index (χ3v) is 4.45. The topological polar surface area (TPSA) is 84.2 Å². The Hall–Kier alpha value is -1.10. The van der Waals surface area contributed by atoms with E-state index in [1.54, 1.807) is 0 Å². The molecule has 0 aromatic heterocycles. The molecule has 0 bridgehead atoms. The first kappa shape index (κ1) is 14.3. The van der Waals surface area contributed by atoms with Crippen molar-refractivity contribution in [2.45, 2.75) is 57.5 Å². The number of hydrogen-bond acceptors (Lipinski definition) is 3. The number of nitrogens with one attached hydrogen (secondary N) is 2. The van der Waals surface area contributed by atoms with E-state index in [1.165, 1.54) is 0 Å². The molecule has 5 nitrogen and oxygen atoms in total. The number of primary amides is 1. The van der Waals surface area contributed by atoms with Gasteiger partial charge in [0.25, 0.3) is 0 Å². The van der Waals surface area contributed by atoms with Crippen LogP contribution >= 0.6 is 0 Å². The van der Waals surface area contributed by atoms with Gasteiger partial charge < -0.3 is 16.4 Å². The predicted octanol–water partition coefficient (Wildman–Crippen LogP) is 0.535. The second-order valence-electron chi connectivity index (χ2n) is 5.98. The summed E-state index contributed by atoms with van der Waals surface area (Å²) in [5.41, 5.74) is 5.43. The Balaban J connectivity index is 1.91. The van der Waals surface area contributed by atoms with Crippen molar-refractivity contribution in [3.05, 3.63) is 0 Å². The molecule has 2 aliphatic rings. The number of hydrogen-bond donors (Lipinski definition) is 3. The molecule has 1 aliphatic carbocycles. The van der Waals surface area contributed by atoms with E-state index in [9.17, 15) is 9.59 Å². The minimum Gasteiger partial charge on any atom is -0.369 e. The molecule has 19 heavy (non-hydrogen) atoms. The van der Waals surface area contributed by atoms with Crippen LogP contribution in [-0.4, -0.2) is 30.4 Å². The van der Waals surface area contributed by atoms with Crippen molar-refractivity contribution in [2.75, 3.05) is 6.54 Å². The SMILES string of the molecule is C[C@H]1C[C@@H](C(=O)NC2CCCCC2C(N)=O)CCN1. The van der Waals surface area contributed by atoms with Gasteiger partial charge in [-0.1, -0.05) is 12.8 Å². The van der Waals surface area contributed by atoms with Gasteiger partial charge in [-0.15, -0.1) is 0 Å². The molecule has 0 spiro atoms. The maximum Gasteiger partial charge on any atom is 0.223 e. The first-order valence-electron chi connectivity index (χ1n) is 7.41. The van der Waals surface area contributed by atoms with Crippen molar-refractivity contribution in [1.29, 1.82) is 0 Å². The standard InChI is InChI=1S/C14H25N3O2/c1-9-8-10(6-7-16-9)14(19)17-12-5-3-2-4-11(12)13(15)18/h9-12,16H,2-8H2,1H3,(H2,15,18)(H,17,19)/t9-,10-,11?,12?/m0/s1. The Morgan fingerprint density at radius 3 is 2.63 bits per heavy atom. The molecule has 1 heterocycles. The van der Waals surface area contributed by atoms with Crippen molar-refractivity contribution >= 4 is 11.8 Å². The summed E-state index contributed by atoms with van der Waals surface area (Å²) in [6, 6.07) is 0.340. The van der Waals surface area contributed by atoms with Crippen molar-refractivity contribution < 1.29 is 9.59 Å². The second kappa shape index (κ2) is 6.37. The van der Waals surface area contributed by atoms with Gasteiger partial charge in [0.15, 0.2) is 0 Å². The zero-order valence-corrected chi connectivity index (χ0v) is 11.7. The van der Waals surface area contributed by atoms with E-state index in [4.69, 9.17) is 5.73 Å². The van der Waals surface area contributed by atoms with Gasteiger partial charge in [-0.05, 0) is 39.2 Å². The lowest BCUT2D eigenvalue weighted by Gasteiger charge is -2.33. The normalized spacial score (nSPS) is 35.6. The molecule has 108 valence electrons. The zero-order valence-electron chi connectivity index (χ0n) is 11.7. The Bertz CT molecular complexity index is 346. The van der Waals surface area contributed by atoms with Gasteiger partial charge in [0.05, 0.1) is 5.92 Å². The number of amides is 2. The summed E-state index contributed by atoms with van der Waals surface area (Å²) in [4.78, 5) is 23.7. The molecule has 0 aromatic carbocycles. The molecular formula is C14H25N3O2. The Kier molecular flexibility index (Phi) is 4.80. The Morgan fingerprint density at radius 1 is 1.21 bits per heavy atom. The van der Waals surface area contributed by atoms with Gasteiger partial charge in [-0.2, -0.15) is 0 Å². The van der Waals surface area contributed by atoms with E-state index >= 15 is 0 Å². The third-order valence-electron chi connectivity index (χ3n) is 4.45. The zero-order chi connectivity index (χ0) is 13.8. The van der Waals surface area contributed by atoms with E-state index in [2.05, 4.69) is 17.6 Å². The molecule has 4 atom stereocenters. The molecule has 0 radical (unpaired) electrons. The molecule has 2 fully saturated rings. The first-order chi connectivity index (χ1) is 9.08. The summed E-state index contributed by atoms with van der Waals surface area (Å²) in [7, 11) is 0. The van der Waals surface area contributed by atoms with Gasteiger partial charge in [-0.3, -0.25) is 9.59 Å². The fraction of sp³-hybridized carbons (Fsp3) is 0.857. The van der Waals surface area contributed by atoms with Crippen LogP contribution in [0, 0.1) is 11.8 Å². The van der Waals surface area contributed by atoms with E-state index < -0.39 is 0 Å². The fourth-order valence-corrected chi connectivity index (χ4v) is 3.31. The second-order valence-corrected chi connectivity index (χ2v) is 5.98. The van der Waals surface area contributed by atoms with Gasteiger partial charge in [0, 0.05) is 18.0 Å². The van der Waals surface area contributed by atoms with Crippen LogP contribution < -0.4 is 16.4 Å². The summed E-state index contributed by atoms with van der Waals surface area (Å²) in [6.45, 7) is 3.00. The number of carbonyl (C=O) groups excluding carboxylic acids is 2. The molecule has 4 N–H and O–H groups in total. The summed E-state index contributed by atoms with van der Waals surface area (Å²) < 4.78 is 0. The van der Waals surface area contributed by atoms with Crippen LogP contribution in [0.2, 0.25) is 0 Å². The average Bonchev–Trinajstić information content (AvgIpc) is 2.39. The molecule has 2 amide bonds. The van der Waals surface area contributed by atoms with Crippen molar-refractivity contribution in [1.82, 2.24) is 10.6 Å². The summed E-state index contributed by atoms with van der Waals surface area (Å²) in [6.07, 6.45) is 5.54. The highest BCUT2D eigenvalue weighted by Crippen LogP contribution is 2.25. The van der Waals surface area contributed by atoms with Crippen LogP contribution in [0.5, 0.6) is 0 Å². The quantitative estimate of drug-likeness (QED) is 0.697.